The Morgan fingerprint density at radius 1 is 1.24 bits per heavy atom. The van der Waals surface area contributed by atoms with Gasteiger partial charge in [0.15, 0.2) is 0 Å². The molecule has 0 amide bonds. The first-order valence-electron chi connectivity index (χ1n) is 10.3. The standard InChI is InChI=1S/C23H28BrN3O2/c1-5-27(3)13-25-21-12-19(15-6-7-15)23(26-14(21)2)29-18-8-16-10-20(24)22(28-4)11-17(16)9-18/h10-13,15,18H,5-9H2,1-4H3. The molecule has 0 N–H and O–H groups in total. The number of pyridine rings is 1. The van der Waals surface area contributed by atoms with Crippen molar-refractivity contribution < 1.29 is 9.47 Å². The molecular weight excluding hydrogens is 430 g/mol. The lowest BCUT2D eigenvalue weighted by atomic mass is 10.1. The Balaban J connectivity index is 1.56. The van der Waals surface area contributed by atoms with Crippen molar-refractivity contribution in [2.75, 3.05) is 20.7 Å². The van der Waals surface area contributed by atoms with Gasteiger partial charge >= 0.3 is 0 Å². The highest BCUT2D eigenvalue weighted by Crippen LogP contribution is 2.46. The van der Waals surface area contributed by atoms with Gasteiger partial charge in [-0.2, -0.15) is 0 Å². The van der Waals surface area contributed by atoms with Crippen molar-refractivity contribution in [3.8, 4) is 11.6 Å². The van der Waals surface area contributed by atoms with Gasteiger partial charge < -0.3 is 14.4 Å². The largest absolute Gasteiger partial charge is 0.496 e. The maximum absolute atomic E-state index is 6.46. The predicted octanol–water partition coefficient (Wildman–Crippen LogP) is 5.20. The van der Waals surface area contributed by atoms with Gasteiger partial charge in [-0.15, -0.1) is 0 Å². The second-order valence-electron chi connectivity index (χ2n) is 7.98. The maximum Gasteiger partial charge on any atom is 0.217 e. The Morgan fingerprint density at radius 2 is 1.97 bits per heavy atom. The highest BCUT2D eigenvalue weighted by Gasteiger charge is 2.31. The number of aryl methyl sites for hydroxylation is 1. The van der Waals surface area contributed by atoms with Gasteiger partial charge in [-0.1, -0.05) is 0 Å². The molecule has 0 spiro atoms. The van der Waals surface area contributed by atoms with Crippen molar-refractivity contribution in [2.24, 2.45) is 4.99 Å². The van der Waals surface area contributed by atoms with Gasteiger partial charge in [-0.25, -0.2) is 9.98 Å². The van der Waals surface area contributed by atoms with Crippen molar-refractivity contribution in [2.45, 2.75) is 51.6 Å². The molecule has 0 saturated heterocycles. The first-order chi connectivity index (χ1) is 14.0. The number of nitrogens with zero attached hydrogens (tertiary/aromatic N) is 3. The fraction of sp³-hybridized carbons (Fsp3) is 0.478. The van der Waals surface area contributed by atoms with E-state index < -0.39 is 0 Å². The summed E-state index contributed by atoms with van der Waals surface area (Å²) in [7, 11) is 3.73. The van der Waals surface area contributed by atoms with Crippen LogP contribution in [0.15, 0.2) is 27.7 Å². The van der Waals surface area contributed by atoms with Crippen LogP contribution in [0.25, 0.3) is 0 Å². The van der Waals surface area contributed by atoms with E-state index in [1.165, 1.54) is 29.5 Å². The van der Waals surface area contributed by atoms with Crippen molar-refractivity contribution >= 4 is 28.0 Å². The molecule has 2 aliphatic rings. The minimum atomic E-state index is 0.106. The lowest BCUT2D eigenvalue weighted by Crippen LogP contribution is -2.18. The van der Waals surface area contributed by atoms with Crippen molar-refractivity contribution in [1.82, 2.24) is 9.88 Å². The third-order valence-corrected chi connectivity index (χ3v) is 6.36. The van der Waals surface area contributed by atoms with Crippen LogP contribution in [0.2, 0.25) is 0 Å². The number of methoxy groups -OCH3 is 1. The van der Waals surface area contributed by atoms with Gasteiger partial charge in [0.1, 0.15) is 11.9 Å². The van der Waals surface area contributed by atoms with E-state index in [0.717, 1.165) is 46.9 Å². The molecule has 1 unspecified atom stereocenters. The monoisotopic (exact) mass is 457 g/mol. The average Bonchev–Trinajstić information content (AvgIpc) is 3.47. The van der Waals surface area contributed by atoms with Gasteiger partial charge in [-0.05, 0) is 77.9 Å². The summed E-state index contributed by atoms with van der Waals surface area (Å²) >= 11 is 3.59. The number of hydrogen-bond donors (Lipinski definition) is 0. The average molecular weight is 458 g/mol. The molecule has 0 radical (unpaired) electrons. The summed E-state index contributed by atoms with van der Waals surface area (Å²) in [4.78, 5) is 11.5. The SMILES string of the molecule is CCN(C)C=Nc1cc(C2CC2)c(OC2Cc3cc(Br)c(OC)cc3C2)nc1C. The Kier molecular flexibility index (Phi) is 5.81. The minimum absolute atomic E-state index is 0.106. The number of aromatic nitrogens is 1. The lowest BCUT2D eigenvalue weighted by molar-refractivity contribution is 0.202. The van der Waals surface area contributed by atoms with Crippen LogP contribution in [-0.4, -0.2) is 43.0 Å². The Bertz CT molecular complexity index is 940. The Morgan fingerprint density at radius 3 is 2.62 bits per heavy atom. The lowest BCUT2D eigenvalue weighted by Gasteiger charge is -2.17. The fourth-order valence-corrected chi connectivity index (χ4v) is 4.27. The van der Waals surface area contributed by atoms with E-state index in [2.05, 4.69) is 50.9 Å². The van der Waals surface area contributed by atoms with Crippen LogP contribution < -0.4 is 9.47 Å². The number of fused-ring (bicyclic) bond motifs is 1. The first-order valence-corrected chi connectivity index (χ1v) is 11.1. The van der Waals surface area contributed by atoms with E-state index in [-0.39, 0.29) is 6.10 Å². The van der Waals surface area contributed by atoms with Gasteiger partial charge in [0.2, 0.25) is 5.88 Å². The quantitative estimate of drug-likeness (QED) is 0.423. The van der Waals surface area contributed by atoms with Crippen LogP contribution in [0.5, 0.6) is 11.6 Å². The maximum atomic E-state index is 6.46. The zero-order chi connectivity index (χ0) is 20.5. The smallest absolute Gasteiger partial charge is 0.217 e. The summed E-state index contributed by atoms with van der Waals surface area (Å²) in [6.07, 6.45) is 6.16. The van der Waals surface area contributed by atoms with E-state index in [0.29, 0.717) is 5.92 Å². The topological polar surface area (TPSA) is 47.0 Å². The van der Waals surface area contributed by atoms with Crippen LogP contribution in [-0.2, 0) is 12.8 Å². The van der Waals surface area contributed by atoms with Crippen LogP contribution in [0, 0.1) is 6.92 Å². The van der Waals surface area contributed by atoms with E-state index in [4.69, 9.17) is 14.5 Å². The fourth-order valence-electron chi connectivity index (χ4n) is 3.72. The molecule has 0 aliphatic heterocycles. The number of halogens is 1. The number of rotatable bonds is 7. The molecule has 154 valence electrons. The minimum Gasteiger partial charge on any atom is -0.496 e. The molecule has 2 aliphatic carbocycles. The summed E-state index contributed by atoms with van der Waals surface area (Å²) in [6, 6.07) is 6.45. The highest BCUT2D eigenvalue weighted by molar-refractivity contribution is 9.10. The summed E-state index contributed by atoms with van der Waals surface area (Å²) in [5, 5.41) is 0. The molecule has 1 saturated carbocycles. The molecule has 1 atom stereocenters. The van der Waals surface area contributed by atoms with Gasteiger partial charge in [0.25, 0.3) is 0 Å². The molecule has 4 rings (SSSR count). The molecule has 29 heavy (non-hydrogen) atoms. The summed E-state index contributed by atoms with van der Waals surface area (Å²) < 4.78 is 12.9. The summed E-state index contributed by atoms with van der Waals surface area (Å²) in [5.41, 5.74) is 5.66. The second-order valence-corrected chi connectivity index (χ2v) is 8.84. The molecule has 1 heterocycles. The third-order valence-electron chi connectivity index (χ3n) is 5.74. The number of ether oxygens (including phenoxy) is 2. The van der Waals surface area contributed by atoms with Crippen molar-refractivity contribution in [1.29, 1.82) is 0 Å². The van der Waals surface area contributed by atoms with Gasteiger partial charge in [0.05, 0.1) is 29.3 Å². The van der Waals surface area contributed by atoms with Crippen LogP contribution in [0.4, 0.5) is 5.69 Å². The van der Waals surface area contributed by atoms with Gasteiger partial charge in [0, 0.05) is 32.0 Å². The Hall–Kier alpha value is -2.08. The van der Waals surface area contributed by atoms with E-state index >= 15 is 0 Å². The van der Waals surface area contributed by atoms with Crippen LogP contribution >= 0.6 is 15.9 Å². The molecule has 5 nitrogen and oxygen atoms in total. The molecule has 2 aromatic rings. The molecular formula is C23H28BrN3O2. The van der Waals surface area contributed by atoms with Crippen molar-refractivity contribution in [3.63, 3.8) is 0 Å². The van der Waals surface area contributed by atoms with Crippen molar-refractivity contribution in [3.05, 3.63) is 45.1 Å². The Labute approximate surface area is 181 Å². The zero-order valence-corrected chi connectivity index (χ0v) is 19.1. The molecule has 1 aromatic carbocycles. The number of aliphatic imine (C=N–C) groups is 1. The highest BCUT2D eigenvalue weighted by atomic mass is 79.9. The molecule has 1 fully saturated rings. The van der Waals surface area contributed by atoms with Crippen LogP contribution in [0.1, 0.15) is 48.1 Å². The number of hydrogen-bond acceptors (Lipinski definition) is 4. The van der Waals surface area contributed by atoms with Gasteiger partial charge in [-0.3, -0.25) is 0 Å². The van der Waals surface area contributed by atoms with E-state index in [9.17, 15) is 0 Å². The predicted molar refractivity (Wildman–Crippen MR) is 120 cm³/mol. The summed E-state index contributed by atoms with van der Waals surface area (Å²) in [5.74, 6) is 2.21. The zero-order valence-electron chi connectivity index (χ0n) is 17.5. The molecule has 6 heteroatoms. The normalized spacial score (nSPS) is 18.2. The number of benzene rings is 1. The first kappa shape index (κ1) is 20.2. The van der Waals surface area contributed by atoms with Crippen LogP contribution in [0.3, 0.4) is 0 Å². The third kappa shape index (κ3) is 4.42. The second kappa shape index (κ2) is 8.34. The summed E-state index contributed by atoms with van der Waals surface area (Å²) in [6.45, 7) is 5.04. The van der Waals surface area contributed by atoms with E-state index in [1.807, 2.05) is 20.3 Å². The molecule has 1 aromatic heterocycles. The van der Waals surface area contributed by atoms with E-state index in [1.54, 1.807) is 7.11 Å². The molecule has 0 bridgehead atoms.